The third-order valence-corrected chi connectivity index (χ3v) is 5.28. The Hall–Kier alpha value is -3.85. The molecule has 1 aromatic heterocycles. The molecular formula is C23H26N4O5. The predicted octanol–water partition coefficient (Wildman–Crippen LogP) is 1.86. The number of rotatable bonds is 7. The Labute approximate surface area is 185 Å². The maximum Gasteiger partial charge on any atom is 0.259 e. The summed E-state index contributed by atoms with van der Waals surface area (Å²) in [5.74, 6) is -0.0739. The molecule has 3 rings (SSSR count). The normalized spacial score (nSPS) is 10.8. The van der Waals surface area contributed by atoms with Gasteiger partial charge in [0.1, 0.15) is 11.5 Å². The number of ether oxygens (including phenoxy) is 2. The number of hydrogen-bond donors (Lipinski definition) is 3. The summed E-state index contributed by atoms with van der Waals surface area (Å²) in [6, 6.07) is 8.48. The highest BCUT2D eigenvalue weighted by atomic mass is 16.5. The molecule has 0 saturated carbocycles. The lowest BCUT2D eigenvalue weighted by Crippen LogP contribution is -2.27. The van der Waals surface area contributed by atoms with Gasteiger partial charge in [-0.05, 0) is 42.3 Å². The molecule has 9 heteroatoms. The Kier molecular flexibility index (Phi) is 6.50. The van der Waals surface area contributed by atoms with Crippen LogP contribution in [-0.4, -0.2) is 54.6 Å². The van der Waals surface area contributed by atoms with Crippen LogP contribution in [0.5, 0.6) is 11.5 Å². The van der Waals surface area contributed by atoms with Crippen molar-refractivity contribution in [1.82, 2.24) is 9.88 Å². The summed E-state index contributed by atoms with van der Waals surface area (Å²) < 4.78 is 10.9. The van der Waals surface area contributed by atoms with Crippen LogP contribution < -0.4 is 20.9 Å². The molecule has 0 unspecified atom stereocenters. The molecule has 168 valence electrons. The Balaban J connectivity index is 2.25. The largest absolute Gasteiger partial charge is 0.497 e. The first-order chi connectivity index (χ1) is 15.2. The van der Waals surface area contributed by atoms with Crippen LogP contribution in [0.3, 0.4) is 0 Å². The molecule has 2 aromatic carbocycles. The van der Waals surface area contributed by atoms with Gasteiger partial charge in [0, 0.05) is 31.1 Å². The number of aliphatic hydroxyl groups is 1. The number of pyridine rings is 1. The molecule has 0 radical (unpaired) electrons. The number of fused-ring (bicyclic) bond motifs is 1. The molecule has 3 aromatic rings. The molecule has 0 aliphatic heterocycles. The van der Waals surface area contributed by atoms with E-state index in [9.17, 15) is 14.7 Å². The standard InChI is InChI=1S/C23H26N4O5/c1-12-17(10-28)15(9-19(21(12)24)32-11-20(29)27(2)3)22-16(23(25)30)7-13-5-6-14(31-4)8-18(13)26-22/h5-9,28H,10-11,24H2,1-4H3,(H2,25,30). The number of carbonyl (C=O) groups excluding carboxylic acids is 2. The Morgan fingerprint density at radius 2 is 1.91 bits per heavy atom. The van der Waals surface area contributed by atoms with Crippen LogP contribution in [0.15, 0.2) is 30.3 Å². The average Bonchev–Trinajstić information content (AvgIpc) is 2.78. The van der Waals surface area contributed by atoms with Crippen LogP contribution in [0.4, 0.5) is 5.69 Å². The molecule has 0 fully saturated rings. The Morgan fingerprint density at radius 3 is 2.50 bits per heavy atom. The van der Waals surface area contributed by atoms with Crippen molar-refractivity contribution < 1.29 is 24.2 Å². The van der Waals surface area contributed by atoms with Gasteiger partial charge in [0.2, 0.25) is 0 Å². The van der Waals surface area contributed by atoms with Crippen LogP contribution in [0, 0.1) is 6.92 Å². The average molecular weight is 438 g/mol. The minimum absolute atomic E-state index is 0.178. The monoisotopic (exact) mass is 438 g/mol. The van der Waals surface area contributed by atoms with Crippen molar-refractivity contribution in [3.63, 3.8) is 0 Å². The quantitative estimate of drug-likeness (QED) is 0.478. The van der Waals surface area contributed by atoms with Gasteiger partial charge in [-0.1, -0.05) is 0 Å². The van der Waals surface area contributed by atoms with E-state index < -0.39 is 5.91 Å². The highest BCUT2D eigenvalue weighted by Gasteiger charge is 2.22. The molecule has 32 heavy (non-hydrogen) atoms. The number of aliphatic hydroxyl groups excluding tert-OH is 1. The molecule has 0 saturated heterocycles. The van der Waals surface area contributed by atoms with Gasteiger partial charge in [-0.15, -0.1) is 0 Å². The van der Waals surface area contributed by atoms with Crippen molar-refractivity contribution in [2.24, 2.45) is 5.73 Å². The summed E-state index contributed by atoms with van der Waals surface area (Å²) in [6.45, 7) is 1.15. The molecule has 0 aliphatic rings. The predicted molar refractivity (Wildman–Crippen MR) is 122 cm³/mol. The Morgan fingerprint density at radius 1 is 1.19 bits per heavy atom. The molecule has 0 atom stereocenters. The molecule has 2 amide bonds. The zero-order valence-electron chi connectivity index (χ0n) is 18.4. The van der Waals surface area contributed by atoms with E-state index in [1.807, 2.05) is 0 Å². The number of nitrogen functional groups attached to an aromatic ring is 1. The van der Waals surface area contributed by atoms with Crippen LogP contribution in [0.25, 0.3) is 22.2 Å². The minimum atomic E-state index is -0.672. The van der Waals surface area contributed by atoms with E-state index in [2.05, 4.69) is 4.98 Å². The second-order valence-corrected chi connectivity index (χ2v) is 7.48. The van der Waals surface area contributed by atoms with Crippen molar-refractivity contribution >= 4 is 28.4 Å². The fourth-order valence-corrected chi connectivity index (χ4v) is 3.32. The summed E-state index contributed by atoms with van der Waals surface area (Å²) >= 11 is 0. The van der Waals surface area contributed by atoms with Crippen molar-refractivity contribution in [3.8, 4) is 22.8 Å². The maximum absolute atomic E-state index is 12.3. The number of hydrogen-bond acceptors (Lipinski definition) is 7. The number of methoxy groups -OCH3 is 1. The first-order valence-corrected chi connectivity index (χ1v) is 9.82. The smallest absolute Gasteiger partial charge is 0.259 e. The molecule has 0 spiro atoms. The van der Waals surface area contributed by atoms with Gasteiger partial charge in [-0.2, -0.15) is 0 Å². The topological polar surface area (TPSA) is 141 Å². The molecule has 0 bridgehead atoms. The van der Waals surface area contributed by atoms with E-state index in [0.29, 0.717) is 33.3 Å². The van der Waals surface area contributed by atoms with E-state index in [-0.39, 0.29) is 41.8 Å². The summed E-state index contributed by atoms with van der Waals surface area (Å²) in [5, 5.41) is 10.8. The summed E-state index contributed by atoms with van der Waals surface area (Å²) in [6.07, 6.45) is 0. The van der Waals surface area contributed by atoms with Crippen LogP contribution in [0.1, 0.15) is 21.5 Å². The van der Waals surface area contributed by atoms with Crippen molar-refractivity contribution in [3.05, 3.63) is 47.0 Å². The lowest BCUT2D eigenvalue weighted by atomic mass is 9.94. The molecular weight excluding hydrogens is 412 g/mol. The third kappa shape index (κ3) is 4.28. The van der Waals surface area contributed by atoms with Gasteiger partial charge in [-0.25, -0.2) is 4.98 Å². The number of primary amides is 1. The second-order valence-electron chi connectivity index (χ2n) is 7.48. The zero-order valence-corrected chi connectivity index (χ0v) is 18.4. The van der Waals surface area contributed by atoms with Crippen molar-refractivity contribution in [1.29, 1.82) is 0 Å². The van der Waals surface area contributed by atoms with E-state index in [1.54, 1.807) is 58.5 Å². The highest BCUT2D eigenvalue weighted by molar-refractivity contribution is 6.03. The van der Waals surface area contributed by atoms with Gasteiger partial charge in [0.15, 0.2) is 6.61 Å². The highest BCUT2D eigenvalue weighted by Crippen LogP contribution is 2.38. The molecule has 1 heterocycles. The second kappa shape index (κ2) is 9.11. The van der Waals surface area contributed by atoms with Crippen molar-refractivity contribution in [2.45, 2.75) is 13.5 Å². The summed E-state index contributed by atoms with van der Waals surface area (Å²) in [5.41, 5.74) is 14.6. The number of nitrogens with two attached hydrogens (primary N) is 2. The number of benzene rings is 2. The van der Waals surface area contributed by atoms with Crippen LogP contribution in [0.2, 0.25) is 0 Å². The zero-order chi connectivity index (χ0) is 23.6. The number of amides is 2. The van der Waals surface area contributed by atoms with E-state index in [0.717, 1.165) is 0 Å². The van der Waals surface area contributed by atoms with E-state index >= 15 is 0 Å². The van der Waals surface area contributed by atoms with Crippen LogP contribution in [-0.2, 0) is 11.4 Å². The fourth-order valence-electron chi connectivity index (χ4n) is 3.32. The minimum Gasteiger partial charge on any atom is -0.497 e. The van der Waals surface area contributed by atoms with Gasteiger partial charge >= 0.3 is 0 Å². The SMILES string of the molecule is COc1ccc2cc(C(N)=O)c(-c3cc(OCC(=O)N(C)C)c(N)c(C)c3CO)nc2c1. The number of carbonyl (C=O) groups is 2. The summed E-state index contributed by atoms with van der Waals surface area (Å²) in [7, 11) is 4.78. The lowest BCUT2D eigenvalue weighted by Gasteiger charge is -2.19. The van der Waals surface area contributed by atoms with Crippen LogP contribution >= 0.6 is 0 Å². The number of likely N-dealkylation sites (N-methyl/N-ethyl adjacent to an activating group) is 1. The number of aromatic nitrogens is 1. The molecule has 5 N–H and O–H groups in total. The fraction of sp³-hybridized carbons (Fsp3) is 0.261. The lowest BCUT2D eigenvalue weighted by molar-refractivity contribution is -0.130. The van der Waals surface area contributed by atoms with Gasteiger partial charge in [0.25, 0.3) is 11.8 Å². The van der Waals surface area contributed by atoms with Crippen molar-refractivity contribution in [2.75, 3.05) is 33.5 Å². The van der Waals surface area contributed by atoms with E-state index in [1.165, 1.54) is 4.90 Å². The molecule has 0 aliphatic carbocycles. The number of nitrogens with zero attached hydrogens (tertiary/aromatic N) is 2. The third-order valence-electron chi connectivity index (χ3n) is 5.28. The van der Waals surface area contributed by atoms with Gasteiger partial charge in [-0.3, -0.25) is 9.59 Å². The van der Waals surface area contributed by atoms with E-state index in [4.69, 9.17) is 20.9 Å². The Bertz CT molecular complexity index is 1210. The first kappa shape index (κ1) is 22.8. The van der Waals surface area contributed by atoms with Gasteiger partial charge < -0.3 is 30.9 Å². The molecule has 9 nitrogen and oxygen atoms in total. The van der Waals surface area contributed by atoms with Gasteiger partial charge in [0.05, 0.1) is 36.2 Å². The summed E-state index contributed by atoms with van der Waals surface area (Å²) in [4.78, 5) is 30.3. The number of anilines is 1. The first-order valence-electron chi connectivity index (χ1n) is 9.82. The maximum atomic E-state index is 12.3.